The van der Waals surface area contributed by atoms with Crippen molar-refractivity contribution < 1.29 is 9.90 Å². The van der Waals surface area contributed by atoms with Gasteiger partial charge in [0.25, 0.3) is 0 Å². The number of hydrogen-bond acceptors (Lipinski definition) is 3. The molecule has 0 aliphatic heterocycles. The van der Waals surface area contributed by atoms with Gasteiger partial charge in [-0.3, -0.25) is 4.79 Å². The molecule has 1 aromatic heterocycles. The quantitative estimate of drug-likeness (QED) is 0.831. The normalized spacial score (nSPS) is 24.5. The highest BCUT2D eigenvalue weighted by Gasteiger charge is 2.28. The second kappa shape index (κ2) is 5.32. The largest absolute Gasteiger partial charge is 0.393 e. The van der Waals surface area contributed by atoms with Crippen molar-refractivity contribution in [3.63, 3.8) is 0 Å². The minimum absolute atomic E-state index is 0.187. The van der Waals surface area contributed by atoms with Crippen molar-refractivity contribution in [3.05, 3.63) is 21.9 Å². The van der Waals surface area contributed by atoms with E-state index in [-0.39, 0.29) is 17.8 Å². The van der Waals surface area contributed by atoms with Gasteiger partial charge in [-0.25, -0.2) is 0 Å². The molecule has 94 valence electrons. The smallest absolute Gasteiger partial charge is 0.173 e. The lowest BCUT2D eigenvalue weighted by Gasteiger charge is -2.12. The number of carbonyl (C=O) groups excluding carboxylic acids is 1. The van der Waals surface area contributed by atoms with E-state index in [1.807, 2.05) is 6.07 Å². The molecule has 17 heavy (non-hydrogen) atoms. The van der Waals surface area contributed by atoms with Gasteiger partial charge < -0.3 is 5.11 Å². The second-order valence-corrected chi connectivity index (χ2v) is 6.20. The molecule has 3 heteroatoms. The van der Waals surface area contributed by atoms with E-state index in [1.54, 1.807) is 0 Å². The van der Waals surface area contributed by atoms with Gasteiger partial charge in [0.15, 0.2) is 5.78 Å². The van der Waals surface area contributed by atoms with Gasteiger partial charge >= 0.3 is 0 Å². The highest BCUT2D eigenvalue weighted by Crippen LogP contribution is 2.31. The fourth-order valence-electron chi connectivity index (χ4n) is 2.39. The highest BCUT2D eigenvalue weighted by atomic mass is 32.1. The first kappa shape index (κ1) is 12.8. The van der Waals surface area contributed by atoms with Crippen molar-refractivity contribution in [1.82, 2.24) is 0 Å². The summed E-state index contributed by atoms with van der Waals surface area (Å²) in [5.41, 5.74) is 1.24. The predicted octanol–water partition coefficient (Wildman–Crippen LogP) is 3.61. The Kier molecular flexibility index (Phi) is 4.00. The molecule has 0 aromatic carbocycles. The molecular formula is C14H20O2S. The molecule has 2 atom stereocenters. The molecule has 1 N–H and O–H groups in total. The summed E-state index contributed by atoms with van der Waals surface area (Å²) in [6.07, 6.45) is 3.16. The summed E-state index contributed by atoms with van der Waals surface area (Å²) in [6.45, 7) is 4.27. The highest BCUT2D eigenvalue weighted by molar-refractivity contribution is 7.12. The summed E-state index contributed by atoms with van der Waals surface area (Å²) in [5.74, 6) is 0.866. The van der Waals surface area contributed by atoms with E-state index in [0.717, 1.165) is 24.1 Å². The van der Waals surface area contributed by atoms with Crippen molar-refractivity contribution in [1.29, 1.82) is 0 Å². The van der Waals surface area contributed by atoms with E-state index in [9.17, 15) is 9.90 Å². The summed E-state index contributed by atoms with van der Waals surface area (Å²) >= 11 is 1.54. The Balaban J connectivity index is 1.99. The number of thiophene rings is 1. The maximum absolute atomic E-state index is 12.1. The lowest BCUT2D eigenvalue weighted by molar-refractivity contribution is 0.0872. The van der Waals surface area contributed by atoms with Gasteiger partial charge in [-0.2, -0.15) is 0 Å². The van der Waals surface area contributed by atoms with Crippen LogP contribution in [0.15, 0.2) is 11.4 Å². The molecule has 0 radical (unpaired) electrons. The summed E-state index contributed by atoms with van der Waals surface area (Å²) in [5, 5.41) is 11.8. The SMILES string of the molecule is CC(C)c1csc(C(=O)C[C@@H]2CCC[C@H]2O)c1. The summed E-state index contributed by atoms with van der Waals surface area (Å²) in [4.78, 5) is 12.9. The molecule has 0 bridgehead atoms. The fourth-order valence-corrected chi connectivity index (χ4v) is 3.42. The molecule has 0 saturated heterocycles. The third-order valence-corrected chi connectivity index (χ3v) is 4.62. The average Bonchev–Trinajstić information content (AvgIpc) is 2.88. The van der Waals surface area contributed by atoms with E-state index in [0.29, 0.717) is 12.3 Å². The number of ketones is 1. The first-order valence-corrected chi connectivity index (χ1v) is 7.25. The third kappa shape index (κ3) is 2.96. The van der Waals surface area contributed by atoms with Gasteiger partial charge in [0.05, 0.1) is 11.0 Å². The first-order chi connectivity index (χ1) is 8.08. The molecular weight excluding hydrogens is 232 g/mol. The van der Waals surface area contributed by atoms with Crippen LogP contribution in [0.5, 0.6) is 0 Å². The van der Waals surface area contributed by atoms with Crippen molar-refractivity contribution in [2.45, 2.75) is 51.6 Å². The monoisotopic (exact) mass is 252 g/mol. The molecule has 1 fully saturated rings. The molecule has 1 heterocycles. The number of carbonyl (C=O) groups is 1. The van der Waals surface area contributed by atoms with E-state index >= 15 is 0 Å². The van der Waals surface area contributed by atoms with Gasteiger partial charge in [0.2, 0.25) is 0 Å². The Labute approximate surface area is 107 Å². The van der Waals surface area contributed by atoms with E-state index in [2.05, 4.69) is 19.2 Å². The molecule has 2 rings (SSSR count). The molecule has 0 unspecified atom stereocenters. The van der Waals surface area contributed by atoms with Crippen molar-refractivity contribution >= 4 is 17.1 Å². The predicted molar refractivity (Wildman–Crippen MR) is 70.7 cm³/mol. The van der Waals surface area contributed by atoms with E-state index in [1.165, 1.54) is 16.9 Å². The van der Waals surface area contributed by atoms with Crippen LogP contribution in [-0.2, 0) is 0 Å². The topological polar surface area (TPSA) is 37.3 Å². The van der Waals surface area contributed by atoms with Crippen LogP contribution in [0.1, 0.15) is 60.7 Å². The van der Waals surface area contributed by atoms with Crippen LogP contribution >= 0.6 is 11.3 Å². The number of aliphatic hydroxyl groups is 1. The Bertz CT molecular complexity index is 395. The van der Waals surface area contributed by atoms with E-state index in [4.69, 9.17) is 0 Å². The van der Waals surface area contributed by atoms with Crippen LogP contribution in [0.2, 0.25) is 0 Å². The molecule has 1 aromatic rings. The van der Waals surface area contributed by atoms with Gasteiger partial charge in [0, 0.05) is 6.42 Å². The maximum atomic E-state index is 12.1. The second-order valence-electron chi connectivity index (χ2n) is 5.28. The molecule has 1 aliphatic carbocycles. The molecule has 0 amide bonds. The van der Waals surface area contributed by atoms with Crippen LogP contribution < -0.4 is 0 Å². The minimum Gasteiger partial charge on any atom is -0.393 e. The van der Waals surface area contributed by atoms with Gasteiger partial charge in [-0.1, -0.05) is 20.3 Å². The zero-order valence-corrected chi connectivity index (χ0v) is 11.3. The Hall–Kier alpha value is -0.670. The van der Waals surface area contributed by atoms with Gasteiger partial charge in [0.1, 0.15) is 0 Å². The van der Waals surface area contributed by atoms with Gasteiger partial charge in [-0.05, 0) is 41.7 Å². The fraction of sp³-hybridized carbons (Fsp3) is 0.643. The number of aliphatic hydroxyl groups excluding tert-OH is 1. The molecule has 0 spiro atoms. The summed E-state index contributed by atoms with van der Waals surface area (Å²) < 4.78 is 0. The Morgan fingerprint density at radius 1 is 1.53 bits per heavy atom. The summed E-state index contributed by atoms with van der Waals surface area (Å²) in [7, 11) is 0. The van der Waals surface area contributed by atoms with Crippen LogP contribution in [0, 0.1) is 5.92 Å². The van der Waals surface area contributed by atoms with E-state index < -0.39 is 0 Å². The Morgan fingerprint density at radius 2 is 2.29 bits per heavy atom. The van der Waals surface area contributed by atoms with Crippen LogP contribution in [0.4, 0.5) is 0 Å². The number of Topliss-reactive ketones (excluding diaryl/α,β-unsaturated/α-hetero) is 1. The zero-order chi connectivity index (χ0) is 12.4. The lowest BCUT2D eigenvalue weighted by atomic mass is 9.97. The molecule has 1 aliphatic rings. The van der Waals surface area contributed by atoms with Crippen LogP contribution in [0.3, 0.4) is 0 Å². The standard InChI is InChI=1S/C14H20O2S/c1-9(2)11-7-14(17-8-11)13(16)6-10-4-3-5-12(10)15/h7-10,12,15H,3-6H2,1-2H3/t10-,12+/m0/s1. The molecule has 1 saturated carbocycles. The van der Waals surface area contributed by atoms with Crippen molar-refractivity contribution in [2.24, 2.45) is 5.92 Å². The number of rotatable bonds is 4. The zero-order valence-electron chi connectivity index (χ0n) is 10.5. The average molecular weight is 252 g/mol. The van der Waals surface area contributed by atoms with Crippen LogP contribution in [-0.4, -0.2) is 17.0 Å². The van der Waals surface area contributed by atoms with Crippen molar-refractivity contribution in [2.75, 3.05) is 0 Å². The molecule has 2 nitrogen and oxygen atoms in total. The lowest BCUT2D eigenvalue weighted by Crippen LogP contribution is -2.16. The van der Waals surface area contributed by atoms with Gasteiger partial charge in [-0.15, -0.1) is 11.3 Å². The summed E-state index contributed by atoms with van der Waals surface area (Å²) in [6, 6.07) is 2.01. The van der Waals surface area contributed by atoms with Crippen LogP contribution in [0.25, 0.3) is 0 Å². The Morgan fingerprint density at radius 3 is 2.82 bits per heavy atom. The minimum atomic E-state index is -0.261. The van der Waals surface area contributed by atoms with Crippen molar-refractivity contribution in [3.8, 4) is 0 Å². The number of hydrogen-bond donors (Lipinski definition) is 1. The maximum Gasteiger partial charge on any atom is 0.173 e. The third-order valence-electron chi connectivity index (χ3n) is 3.63. The first-order valence-electron chi connectivity index (χ1n) is 6.37.